The van der Waals surface area contributed by atoms with Crippen LogP contribution in [0, 0.1) is 10.1 Å². The monoisotopic (exact) mass is 376 g/mol. The number of benzene rings is 1. The Labute approximate surface area is 141 Å². The molecule has 0 saturated heterocycles. The summed E-state index contributed by atoms with van der Waals surface area (Å²) < 4.78 is 22.9. The Kier molecular flexibility index (Phi) is 5.25. The van der Waals surface area contributed by atoms with E-state index in [2.05, 4.69) is 5.32 Å². The summed E-state index contributed by atoms with van der Waals surface area (Å²) in [6, 6.07) is 7.53. The third kappa shape index (κ3) is 4.41. The van der Waals surface area contributed by atoms with E-state index in [9.17, 15) is 23.6 Å². The van der Waals surface area contributed by atoms with Crippen molar-refractivity contribution in [3.05, 3.63) is 51.0 Å². The number of rotatable bonds is 6. The molecule has 10 heteroatoms. The largest absolute Gasteiger partial charge is 0.387 e. The second kappa shape index (κ2) is 6.83. The molecule has 2 aromatic rings. The zero-order valence-electron chi connectivity index (χ0n) is 11.9. The lowest BCUT2D eigenvalue weighted by atomic mass is 10.1. The fraction of sp³-hybridized carbons (Fsp3) is 0.231. The van der Waals surface area contributed by atoms with Crippen molar-refractivity contribution in [2.24, 2.45) is 0 Å². The molecule has 23 heavy (non-hydrogen) atoms. The van der Waals surface area contributed by atoms with Crippen molar-refractivity contribution in [1.82, 2.24) is 0 Å². The number of hydrogen-bond acceptors (Lipinski definition) is 7. The molecular formula is C13H13ClN2O5S2. The second-order valence-corrected chi connectivity index (χ2v) is 8.49. The van der Waals surface area contributed by atoms with Gasteiger partial charge in [0.15, 0.2) is 14.8 Å². The molecule has 1 atom stereocenters. The number of nitrogens with one attached hydrogen (secondary N) is 1. The van der Waals surface area contributed by atoms with E-state index in [0.717, 1.165) is 23.7 Å². The molecule has 0 radical (unpaired) electrons. The van der Waals surface area contributed by atoms with E-state index in [-0.39, 0.29) is 21.4 Å². The van der Waals surface area contributed by atoms with E-state index in [1.54, 1.807) is 24.3 Å². The summed E-state index contributed by atoms with van der Waals surface area (Å²) in [5.41, 5.74) is 0.253. The summed E-state index contributed by atoms with van der Waals surface area (Å²) >= 11 is 6.52. The topological polar surface area (TPSA) is 110 Å². The number of halogens is 1. The molecule has 0 aliphatic rings. The first-order valence-corrected chi connectivity index (χ1v) is 9.42. The van der Waals surface area contributed by atoms with Crippen molar-refractivity contribution in [3.8, 4) is 0 Å². The highest BCUT2D eigenvalue weighted by Crippen LogP contribution is 2.37. The zero-order chi connectivity index (χ0) is 17.2. The highest BCUT2D eigenvalue weighted by Gasteiger charge is 2.24. The first-order chi connectivity index (χ1) is 10.7. The van der Waals surface area contributed by atoms with Crippen molar-refractivity contribution < 1.29 is 18.4 Å². The minimum atomic E-state index is -3.54. The van der Waals surface area contributed by atoms with Crippen LogP contribution in [-0.2, 0) is 9.84 Å². The molecule has 124 valence electrons. The summed E-state index contributed by atoms with van der Waals surface area (Å²) in [6.07, 6.45) is 0.0604. The van der Waals surface area contributed by atoms with Gasteiger partial charge in [0.2, 0.25) is 0 Å². The average Bonchev–Trinajstić information content (AvgIpc) is 2.90. The first kappa shape index (κ1) is 17.7. The summed E-state index contributed by atoms with van der Waals surface area (Å²) in [5.74, 6) is 0. The van der Waals surface area contributed by atoms with Crippen LogP contribution in [0.1, 0.15) is 11.7 Å². The molecule has 0 bridgehead atoms. The number of hydrogen-bond donors (Lipinski definition) is 2. The van der Waals surface area contributed by atoms with E-state index in [1.807, 2.05) is 0 Å². The van der Waals surface area contributed by atoms with Gasteiger partial charge in [-0.2, -0.15) is 0 Å². The average molecular weight is 377 g/mol. The molecule has 2 N–H and O–H groups in total. The van der Waals surface area contributed by atoms with Crippen molar-refractivity contribution in [3.63, 3.8) is 0 Å². The number of nitrogens with zero attached hydrogens (tertiary/aromatic N) is 1. The molecule has 0 spiro atoms. The number of aliphatic hydroxyl groups is 1. The van der Waals surface area contributed by atoms with Gasteiger partial charge in [0.1, 0.15) is 4.21 Å². The molecule has 0 saturated carbocycles. The molecule has 0 fully saturated rings. The van der Waals surface area contributed by atoms with Gasteiger partial charge in [-0.25, -0.2) is 8.42 Å². The summed E-state index contributed by atoms with van der Waals surface area (Å²) in [6.45, 7) is -0.00775. The van der Waals surface area contributed by atoms with E-state index >= 15 is 0 Å². The lowest BCUT2D eigenvalue weighted by Crippen LogP contribution is -2.12. The standard InChI is InChI=1S/C13H13ClN2O5S2/c1-23(20,21)12-6-10(16(18)19)13(22-12)15-7-11(17)8-2-4-9(14)5-3-8/h2-6,11,15,17H,7H2,1H3/t11-/m0/s1. The Morgan fingerprint density at radius 1 is 1.39 bits per heavy atom. The van der Waals surface area contributed by atoms with Crippen LogP contribution >= 0.6 is 22.9 Å². The van der Waals surface area contributed by atoms with Crippen molar-refractivity contribution in [1.29, 1.82) is 0 Å². The fourth-order valence-corrected chi connectivity index (χ4v) is 3.87. The highest BCUT2D eigenvalue weighted by molar-refractivity contribution is 7.92. The molecule has 0 amide bonds. The Morgan fingerprint density at radius 3 is 2.52 bits per heavy atom. The Balaban J connectivity index is 2.18. The van der Waals surface area contributed by atoms with Gasteiger partial charge in [0, 0.05) is 23.9 Å². The minimum absolute atomic E-state index is 0.00775. The number of anilines is 1. The molecule has 7 nitrogen and oxygen atoms in total. The fourth-order valence-electron chi connectivity index (χ4n) is 1.80. The molecule has 0 aliphatic heterocycles. The van der Waals surface area contributed by atoms with Crippen LogP contribution in [0.5, 0.6) is 0 Å². The smallest absolute Gasteiger partial charge is 0.304 e. The minimum Gasteiger partial charge on any atom is -0.387 e. The number of thiophene rings is 1. The maximum atomic E-state index is 11.5. The number of nitro groups is 1. The number of sulfone groups is 1. The molecule has 0 unspecified atom stereocenters. The van der Waals surface area contributed by atoms with Crippen LogP contribution in [-0.4, -0.2) is 31.2 Å². The van der Waals surface area contributed by atoms with Gasteiger partial charge in [-0.05, 0) is 17.7 Å². The quantitative estimate of drug-likeness (QED) is 0.592. The molecule has 1 aromatic carbocycles. The van der Waals surface area contributed by atoms with Gasteiger partial charge >= 0.3 is 5.69 Å². The van der Waals surface area contributed by atoms with Gasteiger partial charge in [0.25, 0.3) is 0 Å². The van der Waals surface area contributed by atoms with Crippen LogP contribution in [0.3, 0.4) is 0 Å². The second-order valence-electron chi connectivity index (χ2n) is 4.76. The van der Waals surface area contributed by atoms with Crippen molar-refractivity contribution >= 4 is 43.5 Å². The molecular weight excluding hydrogens is 364 g/mol. The van der Waals surface area contributed by atoms with E-state index < -0.39 is 20.9 Å². The van der Waals surface area contributed by atoms with Crippen LogP contribution in [0.25, 0.3) is 0 Å². The lowest BCUT2D eigenvalue weighted by molar-refractivity contribution is -0.383. The van der Waals surface area contributed by atoms with Gasteiger partial charge < -0.3 is 10.4 Å². The normalized spacial score (nSPS) is 12.8. The third-order valence-corrected chi connectivity index (χ3v) is 6.10. The predicted molar refractivity (Wildman–Crippen MR) is 89.0 cm³/mol. The van der Waals surface area contributed by atoms with Gasteiger partial charge in [-0.1, -0.05) is 35.1 Å². The predicted octanol–water partition coefficient (Wildman–Crippen LogP) is 2.86. The Hall–Kier alpha value is -1.68. The highest BCUT2D eigenvalue weighted by atomic mass is 35.5. The Morgan fingerprint density at radius 2 is 2.00 bits per heavy atom. The summed E-state index contributed by atoms with van der Waals surface area (Å²) in [5, 5.41) is 24.4. The van der Waals surface area contributed by atoms with E-state index in [0.29, 0.717) is 10.6 Å². The molecule has 2 rings (SSSR count). The Bertz CT molecular complexity index is 817. The lowest BCUT2D eigenvalue weighted by Gasteiger charge is -2.12. The van der Waals surface area contributed by atoms with Crippen LogP contribution in [0.2, 0.25) is 5.02 Å². The van der Waals surface area contributed by atoms with Gasteiger partial charge in [-0.3, -0.25) is 10.1 Å². The maximum absolute atomic E-state index is 11.5. The van der Waals surface area contributed by atoms with Gasteiger partial charge in [0.05, 0.1) is 11.0 Å². The van der Waals surface area contributed by atoms with Crippen molar-refractivity contribution in [2.45, 2.75) is 10.3 Å². The van der Waals surface area contributed by atoms with Crippen molar-refractivity contribution in [2.75, 3.05) is 18.1 Å². The zero-order valence-corrected chi connectivity index (χ0v) is 14.3. The maximum Gasteiger partial charge on any atom is 0.304 e. The van der Waals surface area contributed by atoms with Crippen LogP contribution in [0.15, 0.2) is 34.5 Å². The summed E-state index contributed by atoms with van der Waals surface area (Å²) in [7, 11) is -3.54. The third-order valence-electron chi connectivity index (χ3n) is 2.96. The SMILES string of the molecule is CS(=O)(=O)c1cc([N+](=O)[O-])c(NC[C@H](O)c2ccc(Cl)cc2)s1. The number of aliphatic hydroxyl groups excluding tert-OH is 1. The first-order valence-electron chi connectivity index (χ1n) is 6.34. The molecule has 1 heterocycles. The van der Waals surface area contributed by atoms with E-state index in [4.69, 9.17) is 11.6 Å². The molecule has 0 aliphatic carbocycles. The van der Waals surface area contributed by atoms with E-state index in [1.165, 1.54) is 0 Å². The summed E-state index contributed by atoms with van der Waals surface area (Å²) in [4.78, 5) is 10.3. The molecule has 1 aromatic heterocycles. The van der Waals surface area contributed by atoms with Crippen LogP contribution in [0.4, 0.5) is 10.7 Å². The van der Waals surface area contributed by atoms with Gasteiger partial charge in [-0.15, -0.1) is 0 Å². The van der Waals surface area contributed by atoms with Crippen LogP contribution < -0.4 is 5.32 Å².